The van der Waals surface area contributed by atoms with E-state index in [0.29, 0.717) is 54.4 Å². The third-order valence-corrected chi connectivity index (χ3v) is 8.82. The number of nitrogens with zero attached hydrogens (tertiary/aromatic N) is 2. The monoisotopic (exact) mass is 586 g/mol. The summed E-state index contributed by atoms with van der Waals surface area (Å²) in [5.74, 6) is -1.35. The molecule has 216 valence electrons. The molecule has 2 N–H and O–H groups in total. The summed E-state index contributed by atoms with van der Waals surface area (Å²) in [6.45, 7) is 3.29. The second kappa shape index (κ2) is 11.1. The molecule has 3 aromatic rings. The van der Waals surface area contributed by atoms with E-state index in [0.717, 1.165) is 17.7 Å². The minimum absolute atomic E-state index is 0.180. The van der Waals surface area contributed by atoms with Gasteiger partial charge in [-0.25, -0.2) is 8.42 Å². The Bertz CT molecular complexity index is 1570. The van der Waals surface area contributed by atoms with Crippen molar-refractivity contribution in [1.29, 1.82) is 0 Å². The SMILES string of the molecule is Cc1ccc(CS(=O)(=O)C[C@@H]2Nc3ccc(C(=O)N4CCN(c5cccc(C(F)(F)F)c5)CC4)cc3NC2=O)cc1. The van der Waals surface area contributed by atoms with E-state index in [9.17, 15) is 31.2 Å². The molecule has 1 saturated heterocycles. The van der Waals surface area contributed by atoms with Crippen molar-refractivity contribution in [1.82, 2.24) is 4.90 Å². The Morgan fingerprint density at radius 1 is 0.951 bits per heavy atom. The summed E-state index contributed by atoms with van der Waals surface area (Å²) in [6, 6.07) is 16.1. The van der Waals surface area contributed by atoms with Gasteiger partial charge in [0.2, 0.25) is 5.91 Å². The third-order valence-electron chi connectivity index (χ3n) is 7.20. The van der Waals surface area contributed by atoms with Gasteiger partial charge < -0.3 is 20.4 Å². The van der Waals surface area contributed by atoms with Gasteiger partial charge in [0.1, 0.15) is 6.04 Å². The highest BCUT2D eigenvalue weighted by Gasteiger charge is 2.33. The second-order valence-corrected chi connectivity index (χ2v) is 12.4. The Kier molecular flexibility index (Phi) is 7.69. The third kappa shape index (κ3) is 6.64. The topological polar surface area (TPSA) is 98.8 Å². The molecule has 3 aromatic carbocycles. The Hall–Kier alpha value is -4.06. The lowest BCUT2D eigenvalue weighted by atomic mass is 10.1. The fraction of sp³-hybridized carbons (Fsp3) is 0.310. The van der Waals surface area contributed by atoms with Crippen molar-refractivity contribution in [2.75, 3.05) is 47.5 Å². The van der Waals surface area contributed by atoms with Crippen LogP contribution < -0.4 is 15.5 Å². The number of hydrogen-bond donors (Lipinski definition) is 2. The molecular weight excluding hydrogens is 557 g/mol. The maximum Gasteiger partial charge on any atom is 0.416 e. The molecule has 0 bridgehead atoms. The minimum Gasteiger partial charge on any atom is -0.371 e. The van der Waals surface area contributed by atoms with E-state index >= 15 is 0 Å². The first-order chi connectivity index (χ1) is 19.4. The van der Waals surface area contributed by atoms with Gasteiger partial charge in [0.15, 0.2) is 9.84 Å². The van der Waals surface area contributed by atoms with Crippen LogP contribution in [-0.4, -0.2) is 63.1 Å². The standard InChI is InChI=1S/C29H29F3N4O4S/c1-19-5-7-20(8-6-19)17-41(39,40)18-26-27(37)34-25-15-21(9-10-24(25)33-26)28(38)36-13-11-35(12-14-36)23-4-2-3-22(16-23)29(30,31)32/h2-10,15-16,26,33H,11-14,17-18H2,1H3,(H,34,37)/t26-/m0/s1. The molecule has 0 radical (unpaired) electrons. The van der Waals surface area contributed by atoms with Crippen molar-refractivity contribution in [3.8, 4) is 0 Å². The van der Waals surface area contributed by atoms with Crippen LogP contribution in [-0.2, 0) is 26.6 Å². The van der Waals surface area contributed by atoms with Crippen molar-refractivity contribution in [3.63, 3.8) is 0 Å². The molecule has 2 aliphatic rings. The summed E-state index contributed by atoms with van der Waals surface area (Å²) in [4.78, 5) is 29.4. The molecule has 0 aliphatic carbocycles. The predicted octanol–water partition coefficient (Wildman–Crippen LogP) is 4.32. The smallest absolute Gasteiger partial charge is 0.371 e. The minimum atomic E-state index is -4.43. The maximum atomic E-state index is 13.2. The Labute approximate surface area is 236 Å². The molecule has 0 spiro atoms. The lowest BCUT2D eigenvalue weighted by Gasteiger charge is -2.36. The Balaban J connectivity index is 1.20. The summed E-state index contributed by atoms with van der Waals surface area (Å²) >= 11 is 0. The van der Waals surface area contributed by atoms with Crippen LogP contribution in [0.5, 0.6) is 0 Å². The van der Waals surface area contributed by atoms with Gasteiger partial charge in [0, 0.05) is 37.4 Å². The number of aryl methyl sites for hydroxylation is 1. The fourth-order valence-electron chi connectivity index (χ4n) is 4.98. The van der Waals surface area contributed by atoms with E-state index in [4.69, 9.17) is 0 Å². The molecule has 2 heterocycles. The predicted molar refractivity (Wildman–Crippen MR) is 151 cm³/mol. The highest BCUT2D eigenvalue weighted by molar-refractivity contribution is 7.90. The number of fused-ring (bicyclic) bond motifs is 1. The van der Waals surface area contributed by atoms with E-state index in [1.165, 1.54) is 6.07 Å². The molecular formula is C29H29F3N4O4S. The first kappa shape index (κ1) is 28.5. The number of piperazine rings is 1. The molecule has 12 heteroatoms. The number of rotatable bonds is 6. The van der Waals surface area contributed by atoms with Crippen molar-refractivity contribution in [2.24, 2.45) is 0 Å². The van der Waals surface area contributed by atoms with Crippen LogP contribution in [0.25, 0.3) is 0 Å². The summed E-state index contributed by atoms with van der Waals surface area (Å²) < 4.78 is 64.8. The normalized spacial score (nSPS) is 17.5. The largest absolute Gasteiger partial charge is 0.416 e. The molecule has 1 fully saturated rings. The average Bonchev–Trinajstić information content (AvgIpc) is 2.93. The quantitative estimate of drug-likeness (QED) is 0.447. The number of nitrogens with one attached hydrogen (secondary N) is 2. The highest BCUT2D eigenvalue weighted by atomic mass is 32.2. The number of carbonyl (C=O) groups is 2. The molecule has 41 heavy (non-hydrogen) atoms. The highest BCUT2D eigenvalue weighted by Crippen LogP contribution is 2.32. The summed E-state index contributed by atoms with van der Waals surface area (Å²) in [7, 11) is -3.60. The first-order valence-corrected chi connectivity index (χ1v) is 14.9. The number of amides is 2. The van der Waals surface area contributed by atoms with Gasteiger partial charge in [-0.3, -0.25) is 9.59 Å². The number of anilines is 3. The zero-order valence-electron chi connectivity index (χ0n) is 22.2. The molecule has 5 rings (SSSR count). The van der Waals surface area contributed by atoms with Crippen LogP contribution in [0, 0.1) is 6.92 Å². The molecule has 8 nitrogen and oxygen atoms in total. The molecule has 0 unspecified atom stereocenters. The van der Waals surface area contributed by atoms with Crippen molar-refractivity contribution in [3.05, 3.63) is 89.0 Å². The zero-order valence-corrected chi connectivity index (χ0v) is 23.1. The van der Waals surface area contributed by atoms with Crippen LogP contribution in [0.1, 0.15) is 27.0 Å². The van der Waals surface area contributed by atoms with E-state index in [1.54, 1.807) is 41.3 Å². The molecule has 0 saturated carbocycles. The number of hydrogen-bond acceptors (Lipinski definition) is 6. The van der Waals surface area contributed by atoms with Crippen LogP contribution in [0.2, 0.25) is 0 Å². The van der Waals surface area contributed by atoms with Gasteiger partial charge in [-0.05, 0) is 48.9 Å². The van der Waals surface area contributed by atoms with E-state index in [2.05, 4.69) is 10.6 Å². The average molecular weight is 587 g/mol. The van der Waals surface area contributed by atoms with Gasteiger partial charge in [0.25, 0.3) is 5.91 Å². The summed E-state index contributed by atoms with van der Waals surface area (Å²) in [5, 5.41) is 5.69. The van der Waals surface area contributed by atoms with Crippen molar-refractivity contribution < 1.29 is 31.2 Å². The number of alkyl halides is 3. The fourth-order valence-corrected chi connectivity index (χ4v) is 6.54. The molecule has 2 amide bonds. The number of benzene rings is 3. The van der Waals surface area contributed by atoms with Gasteiger partial charge in [-0.1, -0.05) is 35.9 Å². The van der Waals surface area contributed by atoms with Gasteiger partial charge in [0.05, 0.1) is 28.4 Å². The van der Waals surface area contributed by atoms with Gasteiger partial charge >= 0.3 is 6.18 Å². The first-order valence-electron chi connectivity index (χ1n) is 13.1. The van der Waals surface area contributed by atoms with Crippen LogP contribution in [0.15, 0.2) is 66.7 Å². The number of carbonyl (C=O) groups excluding carboxylic acids is 2. The number of sulfone groups is 1. The van der Waals surface area contributed by atoms with E-state index in [-0.39, 0.29) is 17.4 Å². The maximum absolute atomic E-state index is 13.2. The summed E-state index contributed by atoms with van der Waals surface area (Å²) in [5.41, 5.74) is 2.61. The van der Waals surface area contributed by atoms with Crippen molar-refractivity contribution in [2.45, 2.75) is 24.9 Å². The zero-order chi connectivity index (χ0) is 29.4. The van der Waals surface area contributed by atoms with Crippen LogP contribution in [0.4, 0.5) is 30.2 Å². The molecule has 2 aliphatic heterocycles. The van der Waals surface area contributed by atoms with Crippen LogP contribution >= 0.6 is 0 Å². The van der Waals surface area contributed by atoms with Gasteiger partial charge in [-0.15, -0.1) is 0 Å². The van der Waals surface area contributed by atoms with Gasteiger partial charge in [-0.2, -0.15) is 13.2 Å². The molecule has 1 atom stereocenters. The summed E-state index contributed by atoms with van der Waals surface area (Å²) in [6.07, 6.45) is -4.43. The van der Waals surface area contributed by atoms with Crippen molar-refractivity contribution >= 4 is 38.7 Å². The lowest BCUT2D eigenvalue weighted by molar-refractivity contribution is -0.137. The second-order valence-electron chi connectivity index (χ2n) is 10.3. The lowest BCUT2D eigenvalue weighted by Crippen LogP contribution is -2.49. The Morgan fingerprint density at radius 2 is 1.66 bits per heavy atom. The number of halogens is 3. The Morgan fingerprint density at radius 3 is 2.34 bits per heavy atom. The van der Waals surface area contributed by atoms with Crippen LogP contribution in [0.3, 0.4) is 0 Å². The molecule has 0 aromatic heterocycles. The van der Waals surface area contributed by atoms with E-state index in [1.807, 2.05) is 24.0 Å². The van der Waals surface area contributed by atoms with E-state index < -0.39 is 33.5 Å².